The lowest BCUT2D eigenvalue weighted by Gasteiger charge is -2.27. The molecule has 1 amide bonds. The maximum absolute atomic E-state index is 13.2. The van der Waals surface area contributed by atoms with Crippen molar-refractivity contribution < 1.29 is 32.3 Å². The van der Waals surface area contributed by atoms with Crippen LogP contribution in [0.3, 0.4) is 0 Å². The summed E-state index contributed by atoms with van der Waals surface area (Å²) in [4.78, 5) is 28.5. The van der Waals surface area contributed by atoms with Crippen LogP contribution in [0.1, 0.15) is 25.2 Å². The van der Waals surface area contributed by atoms with Crippen LogP contribution in [0.2, 0.25) is 0 Å². The third kappa shape index (κ3) is 3.88. The fraction of sp³-hybridized carbons (Fsp3) is 0.421. The van der Waals surface area contributed by atoms with Crippen molar-refractivity contribution in [3.63, 3.8) is 0 Å². The molecule has 1 saturated heterocycles. The lowest BCUT2D eigenvalue weighted by molar-refractivity contribution is -0.227. The summed E-state index contributed by atoms with van der Waals surface area (Å²) < 4.78 is 45.2. The molecule has 1 N–H and O–H groups in total. The number of carbonyl (C=O) groups is 2. The van der Waals surface area contributed by atoms with Crippen LogP contribution in [-0.2, 0) is 16.0 Å². The molecule has 1 aromatic carbocycles. The van der Waals surface area contributed by atoms with E-state index in [0.717, 1.165) is 10.5 Å². The second-order valence-corrected chi connectivity index (χ2v) is 6.79. The Morgan fingerprint density at radius 2 is 1.96 bits per heavy atom. The quantitative estimate of drug-likeness (QED) is 0.808. The Morgan fingerprint density at radius 1 is 1.25 bits per heavy atom. The Morgan fingerprint density at radius 3 is 2.57 bits per heavy atom. The average Bonchev–Trinajstić information content (AvgIpc) is 3.30. The van der Waals surface area contributed by atoms with E-state index in [-0.39, 0.29) is 13.0 Å². The van der Waals surface area contributed by atoms with Crippen molar-refractivity contribution in [3.8, 4) is 11.3 Å². The molecular weight excluding hydrogens is 377 g/mol. The molecule has 1 aliphatic rings. The highest BCUT2D eigenvalue weighted by molar-refractivity contribution is 5.81. The highest BCUT2D eigenvalue weighted by Crippen LogP contribution is 2.45. The number of hydrogen-bond acceptors (Lipinski definition) is 4. The van der Waals surface area contributed by atoms with E-state index >= 15 is 0 Å². The summed E-state index contributed by atoms with van der Waals surface area (Å²) in [7, 11) is 0. The number of likely N-dealkylation sites (tertiary alicyclic amines) is 1. The van der Waals surface area contributed by atoms with Crippen LogP contribution in [0.4, 0.5) is 13.2 Å². The lowest BCUT2D eigenvalue weighted by atomic mass is 9.86. The number of oxazole rings is 1. The Labute approximate surface area is 159 Å². The highest BCUT2D eigenvalue weighted by Gasteiger charge is 2.64. The molecule has 2 aromatic rings. The molecule has 1 unspecified atom stereocenters. The number of rotatable bonds is 6. The first-order chi connectivity index (χ1) is 13.2. The van der Waals surface area contributed by atoms with Crippen molar-refractivity contribution in [3.05, 3.63) is 42.4 Å². The SMILES string of the molecule is O=C(CCCc1ncc(-c2ccccc2)o1)N1CCC(C(=O)O)(C(F)(F)F)C1. The number of carboxylic acid groups (broad SMARTS) is 1. The highest BCUT2D eigenvalue weighted by atomic mass is 19.4. The first kappa shape index (κ1) is 19.9. The van der Waals surface area contributed by atoms with Gasteiger partial charge < -0.3 is 14.4 Å². The second-order valence-electron chi connectivity index (χ2n) is 6.79. The Balaban J connectivity index is 1.53. The van der Waals surface area contributed by atoms with Gasteiger partial charge in [-0.2, -0.15) is 13.2 Å². The van der Waals surface area contributed by atoms with Gasteiger partial charge in [-0.3, -0.25) is 9.59 Å². The number of aryl methyl sites for hydroxylation is 1. The summed E-state index contributed by atoms with van der Waals surface area (Å²) in [5.41, 5.74) is -2.01. The van der Waals surface area contributed by atoms with Gasteiger partial charge >= 0.3 is 12.1 Å². The van der Waals surface area contributed by atoms with Gasteiger partial charge in [-0.25, -0.2) is 4.98 Å². The van der Waals surface area contributed by atoms with Crippen LogP contribution in [-0.4, -0.2) is 46.1 Å². The number of carbonyl (C=O) groups excluding carboxylic acids is 1. The van der Waals surface area contributed by atoms with Gasteiger partial charge in [0.25, 0.3) is 0 Å². The van der Waals surface area contributed by atoms with Gasteiger partial charge in [0.05, 0.1) is 6.20 Å². The summed E-state index contributed by atoms with van der Waals surface area (Å²) in [5, 5.41) is 9.04. The van der Waals surface area contributed by atoms with Crippen molar-refractivity contribution >= 4 is 11.9 Å². The number of amides is 1. The second kappa shape index (κ2) is 7.65. The molecule has 150 valence electrons. The standard InChI is InChI=1S/C19H19F3N2O4/c20-19(21,22)18(17(26)27)9-10-24(12-18)16(25)8-4-7-15-23-11-14(28-15)13-5-2-1-3-6-13/h1-3,5-6,11H,4,7-10,12H2,(H,26,27). The number of alkyl halides is 3. The summed E-state index contributed by atoms with van der Waals surface area (Å²) >= 11 is 0. The van der Waals surface area contributed by atoms with E-state index in [2.05, 4.69) is 4.98 Å². The van der Waals surface area contributed by atoms with Crippen molar-refractivity contribution in [1.29, 1.82) is 0 Å². The molecular formula is C19H19F3N2O4. The summed E-state index contributed by atoms with van der Waals surface area (Å²) in [6.07, 6.45) is -3.25. The van der Waals surface area contributed by atoms with Crippen LogP contribution in [0, 0.1) is 5.41 Å². The van der Waals surface area contributed by atoms with Crippen molar-refractivity contribution in [2.45, 2.75) is 31.9 Å². The van der Waals surface area contributed by atoms with Gasteiger partial charge in [-0.05, 0) is 12.8 Å². The van der Waals surface area contributed by atoms with Gasteiger partial charge in [0.1, 0.15) is 0 Å². The molecule has 1 atom stereocenters. The van der Waals surface area contributed by atoms with E-state index in [4.69, 9.17) is 9.52 Å². The molecule has 0 aliphatic carbocycles. The first-order valence-corrected chi connectivity index (χ1v) is 8.81. The summed E-state index contributed by atoms with van der Waals surface area (Å²) in [5.74, 6) is -1.41. The monoisotopic (exact) mass is 396 g/mol. The van der Waals surface area contributed by atoms with Crippen molar-refractivity contribution in [2.75, 3.05) is 13.1 Å². The molecule has 3 rings (SSSR count). The van der Waals surface area contributed by atoms with E-state index in [1.165, 1.54) is 0 Å². The predicted molar refractivity (Wildman–Crippen MR) is 92.2 cm³/mol. The summed E-state index contributed by atoms with van der Waals surface area (Å²) in [6, 6.07) is 9.35. The first-order valence-electron chi connectivity index (χ1n) is 8.81. The molecule has 9 heteroatoms. The van der Waals surface area contributed by atoms with Crippen LogP contribution in [0.25, 0.3) is 11.3 Å². The van der Waals surface area contributed by atoms with Gasteiger partial charge in [-0.1, -0.05) is 30.3 Å². The summed E-state index contributed by atoms with van der Waals surface area (Å²) in [6.45, 7) is -1.07. The third-order valence-corrected chi connectivity index (χ3v) is 4.97. The molecule has 0 saturated carbocycles. The smallest absolute Gasteiger partial charge is 0.406 e. The number of halogens is 3. The minimum atomic E-state index is -4.90. The molecule has 0 spiro atoms. The Bertz CT molecular complexity index is 850. The molecule has 0 radical (unpaired) electrons. The van der Waals surface area contributed by atoms with E-state index in [1.54, 1.807) is 6.20 Å². The largest absolute Gasteiger partial charge is 0.481 e. The Hall–Kier alpha value is -2.84. The zero-order valence-corrected chi connectivity index (χ0v) is 14.9. The maximum atomic E-state index is 13.2. The van der Waals surface area contributed by atoms with E-state index in [1.807, 2.05) is 30.3 Å². The van der Waals surface area contributed by atoms with Crippen molar-refractivity contribution in [2.24, 2.45) is 5.41 Å². The number of aromatic nitrogens is 1. The fourth-order valence-electron chi connectivity index (χ4n) is 3.26. The van der Waals surface area contributed by atoms with Crippen LogP contribution < -0.4 is 0 Å². The number of hydrogen-bond donors (Lipinski definition) is 1. The maximum Gasteiger partial charge on any atom is 0.406 e. The normalized spacial score (nSPS) is 19.8. The molecule has 1 aliphatic heterocycles. The third-order valence-electron chi connectivity index (χ3n) is 4.97. The van der Waals surface area contributed by atoms with E-state index in [9.17, 15) is 22.8 Å². The molecule has 1 aromatic heterocycles. The minimum absolute atomic E-state index is 0.00337. The van der Waals surface area contributed by atoms with Gasteiger partial charge in [0.15, 0.2) is 17.1 Å². The molecule has 6 nitrogen and oxygen atoms in total. The topological polar surface area (TPSA) is 83.6 Å². The average molecular weight is 396 g/mol. The number of benzene rings is 1. The number of nitrogens with zero attached hydrogens (tertiary/aromatic N) is 2. The van der Waals surface area contributed by atoms with Crippen LogP contribution in [0.15, 0.2) is 40.9 Å². The zero-order valence-electron chi connectivity index (χ0n) is 14.9. The molecule has 1 fully saturated rings. The molecule has 28 heavy (non-hydrogen) atoms. The fourth-order valence-corrected chi connectivity index (χ4v) is 3.26. The van der Waals surface area contributed by atoms with Crippen molar-refractivity contribution in [1.82, 2.24) is 9.88 Å². The molecule has 2 heterocycles. The van der Waals surface area contributed by atoms with Gasteiger partial charge in [0, 0.05) is 31.5 Å². The van der Waals surface area contributed by atoms with Crippen LogP contribution >= 0.6 is 0 Å². The predicted octanol–water partition coefficient (Wildman–Crippen LogP) is 3.53. The number of aliphatic carboxylic acids is 1. The van der Waals surface area contributed by atoms with E-state index < -0.39 is 36.4 Å². The lowest BCUT2D eigenvalue weighted by Crippen LogP contribution is -2.47. The van der Waals surface area contributed by atoms with Crippen LogP contribution in [0.5, 0.6) is 0 Å². The number of carboxylic acids is 1. The zero-order chi connectivity index (χ0) is 20.4. The van der Waals surface area contributed by atoms with E-state index in [0.29, 0.717) is 24.5 Å². The van der Waals surface area contributed by atoms with Gasteiger partial charge in [-0.15, -0.1) is 0 Å². The van der Waals surface area contributed by atoms with Gasteiger partial charge in [0.2, 0.25) is 5.91 Å². The minimum Gasteiger partial charge on any atom is -0.481 e. The molecule has 0 bridgehead atoms. The Kier molecular flexibility index (Phi) is 5.44.